The zero-order valence-corrected chi connectivity index (χ0v) is 20.8. The number of anilines is 1. The Hall–Kier alpha value is -2.45. The molecule has 1 saturated heterocycles. The van der Waals surface area contributed by atoms with Crippen LogP contribution < -0.4 is 9.04 Å². The van der Waals surface area contributed by atoms with Crippen LogP contribution in [-0.2, 0) is 27.6 Å². The van der Waals surface area contributed by atoms with E-state index in [4.69, 9.17) is 9.47 Å². The molecule has 0 amide bonds. The maximum Gasteiger partial charge on any atom is 0.264 e. The van der Waals surface area contributed by atoms with Crippen molar-refractivity contribution in [2.45, 2.75) is 63.8 Å². The van der Waals surface area contributed by atoms with Gasteiger partial charge in [0.1, 0.15) is 11.6 Å². The number of benzene rings is 2. The maximum atomic E-state index is 14.6. The van der Waals surface area contributed by atoms with E-state index in [1.54, 1.807) is 12.1 Å². The minimum absolute atomic E-state index is 0.00390. The summed E-state index contributed by atoms with van der Waals surface area (Å²) < 4.78 is 54.8. The van der Waals surface area contributed by atoms with Crippen molar-refractivity contribution in [2.24, 2.45) is 5.92 Å². The number of ether oxygens (including phenoxy) is 2. The van der Waals surface area contributed by atoms with Crippen LogP contribution in [0.15, 0.2) is 35.2 Å². The van der Waals surface area contributed by atoms with E-state index >= 15 is 0 Å². The monoisotopic (exact) mass is 489 g/mol. The van der Waals surface area contributed by atoms with Crippen LogP contribution in [0.1, 0.15) is 61.5 Å². The van der Waals surface area contributed by atoms with Gasteiger partial charge in [0.05, 0.1) is 22.8 Å². The third-order valence-corrected chi connectivity index (χ3v) is 8.72. The van der Waals surface area contributed by atoms with E-state index in [-0.39, 0.29) is 22.3 Å². The van der Waals surface area contributed by atoms with Gasteiger partial charge in [-0.05, 0) is 87.3 Å². The number of fused-ring (bicyclic) bond motifs is 1. The summed E-state index contributed by atoms with van der Waals surface area (Å²) in [4.78, 5) is 12.4. The molecule has 2 aliphatic heterocycles. The van der Waals surface area contributed by atoms with Crippen LogP contribution in [0, 0.1) is 11.7 Å². The smallest absolute Gasteiger partial charge is 0.264 e. The number of aryl methyl sites for hydroxylation is 2. The van der Waals surface area contributed by atoms with Crippen molar-refractivity contribution in [3.05, 3.63) is 52.8 Å². The van der Waals surface area contributed by atoms with Crippen LogP contribution in [0.4, 0.5) is 10.1 Å². The lowest BCUT2D eigenvalue weighted by molar-refractivity contribution is 0.0495. The molecule has 0 aliphatic carbocycles. The number of nitrogens with zero attached hydrogens (tertiary/aromatic N) is 1. The van der Waals surface area contributed by atoms with Crippen molar-refractivity contribution in [3.8, 4) is 5.75 Å². The van der Waals surface area contributed by atoms with Crippen LogP contribution in [0.3, 0.4) is 0 Å². The second-order valence-electron chi connectivity index (χ2n) is 9.20. The fourth-order valence-corrected chi connectivity index (χ4v) is 6.47. The Kier molecular flexibility index (Phi) is 7.28. The van der Waals surface area contributed by atoms with E-state index in [0.29, 0.717) is 62.0 Å². The van der Waals surface area contributed by atoms with Gasteiger partial charge in [-0.15, -0.1) is 0 Å². The molecule has 2 aromatic rings. The summed E-state index contributed by atoms with van der Waals surface area (Å²) in [6.07, 6.45) is 3.65. The third-order valence-electron chi connectivity index (χ3n) is 6.80. The molecule has 6 nitrogen and oxygen atoms in total. The minimum atomic E-state index is -4.03. The average Bonchev–Trinajstić information content (AvgIpc) is 2.82. The molecule has 4 rings (SSSR count). The highest BCUT2D eigenvalue weighted by Crippen LogP contribution is 2.38. The second-order valence-corrected chi connectivity index (χ2v) is 11.0. The summed E-state index contributed by atoms with van der Waals surface area (Å²) in [7, 11) is -4.03. The number of sulfonamides is 1. The van der Waals surface area contributed by atoms with Gasteiger partial charge in [-0.1, -0.05) is 13.0 Å². The van der Waals surface area contributed by atoms with Crippen LogP contribution in [-0.4, -0.2) is 40.1 Å². The number of hydrogen-bond acceptors (Lipinski definition) is 5. The zero-order valence-electron chi connectivity index (χ0n) is 20.0. The van der Waals surface area contributed by atoms with Crippen LogP contribution in [0.25, 0.3) is 0 Å². The lowest BCUT2D eigenvalue weighted by Gasteiger charge is -2.36. The van der Waals surface area contributed by atoms with Crippen LogP contribution >= 0.6 is 0 Å². The lowest BCUT2D eigenvalue weighted by Crippen LogP contribution is -2.42. The molecule has 184 valence electrons. The van der Waals surface area contributed by atoms with E-state index in [9.17, 15) is 17.6 Å². The molecule has 0 radical (unpaired) electrons. The minimum Gasteiger partial charge on any atom is -0.493 e. The highest BCUT2D eigenvalue weighted by molar-refractivity contribution is 7.92. The summed E-state index contributed by atoms with van der Waals surface area (Å²) in [5.74, 6) is 0.0378. The fraction of sp³-hybridized carbons (Fsp3) is 0.500. The predicted octanol–water partition coefficient (Wildman–Crippen LogP) is 4.93. The molecule has 0 N–H and O–H groups in total. The first-order valence-electron chi connectivity index (χ1n) is 11.9. The number of hydrogen-bond donors (Lipinski definition) is 0. The third kappa shape index (κ3) is 4.84. The first-order valence-corrected chi connectivity index (χ1v) is 13.4. The zero-order chi connectivity index (χ0) is 24.5. The normalized spacial score (nSPS) is 19.1. The molecule has 2 heterocycles. The van der Waals surface area contributed by atoms with Crippen molar-refractivity contribution in [1.82, 2.24) is 0 Å². The molecule has 0 unspecified atom stereocenters. The van der Waals surface area contributed by atoms with Crippen molar-refractivity contribution >= 4 is 21.5 Å². The topological polar surface area (TPSA) is 72.9 Å². The van der Waals surface area contributed by atoms with Gasteiger partial charge in [0.15, 0.2) is 5.78 Å². The Balaban J connectivity index is 1.67. The molecular formula is C26H32FNO5S. The quantitative estimate of drug-likeness (QED) is 0.516. The molecule has 34 heavy (non-hydrogen) atoms. The Morgan fingerprint density at radius 3 is 2.59 bits per heavy atom. The summed E-state index contributed by atoms with van der Waals surface area (Å²) in [5.41, 5.74) is 2.00. The number of carbonyl (C=O) groups excluding carboxylic acids is 1. The van der Waals surface area contributed by atoms with Crippen LogP contribution in [0.5, 0.6) is 5.75 Å². The van der Waals surface area contributed by atoms with Gasteiger partial charge < -0.3 is 9.47 Å². The first-order chi connectivity index (χ1) is 16.2. The maximum absolute atomic E-state index is 14.6. The molecule has 0 bridgehead atoms. The standard InChI is InChI=1S/C26H32FNO5S/c1-4-20-13-21-6-5-17(2)28(25(21)15-24(20)27)34(30,31)22-7-8-26(23(14-22)18(3)29)33-16-19-9-11-32-12-10-19/h7-8,13-15,17,19H,4-6,9-12,16H2,1-3H3/t17-/m0/s1. The predicted molar refractivity (Wildman–Crippen MR) is 129 cm³/mol. The average molecular weight is 490 g/mol. The molecule has 8 heteroatoms. The number of carbonyl (C=O) groups is 1. The Morgan fingerprint density at radius 2 is 1.91 bits per heavy atom. The van der Waals surface area contributed by atoms with E-state index < -0.39 is 15.8 Å². The van der Waals surface area contributed by atoms with Crippen LogP contribution in [0.2, 0.25) is 0 Å². The Bertz CT molecular complexity index is 1170. The van der Waals surface area contributed by atoms with Gasteiger partial charge in [-0.25, -0.2) is 12.8 Å². The second kappa shape index (κ2) is 10.0. The molecule has 0 saturated carbocycles. The summed E-state index contributed by atoms with van der Waals surface area (Å²) >= 11 is 0. The van der Waals surface area contributed by atoms with Gasteiger partial charge in [0.25, 0.3) is 10.0 Å². The molecule has 1 atom stereocenters. The number of Topliss-reactive ketones (excluding diaryl/α,β-unsaturated/α-hetero) is 1. The van der Waals surface area contributed by atoms with Gasteiger partial charge >= 0.3 is 0 Å². The number of ketones is 1. The molecule has 2 aromatic carbocycles. The van der Waals surface area contributed by atoms with E-state index in [1.807, 2.05) is 13.8 Å². The van der Waals surface area contributed by atoms with Crippen molar-refractivity contribution in [3.63, 3.8) is 0 Å². The fourth-order valence-electron chi connectivity index (χ4n) is 4.73. The highest BCUT2D eigenvalue weighted by atomic mass is 32.2. The molecule has 1 fully saturated rings. The van der Waals surface area contributed by atoms with E-state index in [2.05, 4.69) is 0 Å². The van der Waals surface area contributed by atoms with Crippen molar-refractivity contribution in [2.75, 3.05) is 24.1 Å². The van der Waals surface area contributed by atoms with Crippen molar-refractivity contribution in [1.29, 1.82) is 0 Å². The summed E-state index contributed by atoms with van der Waals surface area (Å²) in [6.45, 7) is 6.93. The summed E-state index contributed by atoms with van der Waals surface area (Å²) in [5, 5.41) is 0. The Morgan fingerprint density at radius 1 is 1.18 bits per heavy atom. The number of halogens is 1. The van der Waals surface area contributed by atoms with E-state index in [0.717, 1.165) is 18.4 Å². The van der Waals surface area contributed by atoms with Crippen molar-refractivity contribution < 1.29 is 27.1 Å². The largest absolute Gasteiger partial charge is 0.493 e. The van der Waals surface area contributed by atoms with Gasteiger partial charge in [-0.3, -0.25) is 9.10 Å². The molecule has 2 aliphatic rings. The first kappa shape index (κ1) is 24.7. The van der Waals surface area contributed by atoms with Gasteiger partial charge in [0.2, 0.25) is 0 Å². The Labute approximate surface area is 201 Å². The SMILES string of the molecule is CCc1cc2c(cc1F)N(S(=O)(=O)c1ccc(OCC3CCOCC3)c(C(C)=O)c1)[C@@H](C)CC2. The molecule has 0 aromatic heterocycles. The number of rotatable bonds is 7. The highest BCUT2D eigenvalue weighted by Gasteiger charge is 2.35. The van der Waals surface area contributed by atoms with Gasteiger partial charge in [-0.2, -0.15) is 0 Å². The molecular weight excluding hydrogens is 457 g/mol. The molecule has 0 spiro atoms. The van der Waals surface area contributed by atoms with E-state index in [1.165, 1.54) is 29.4 Å². The summed E-state index contributed by atoms with van der Waals surface area (Å²) in [6, 6.07) is 7.17. The van der Waals surface area contributed by atoms with Gasteiger partial charge in [0, 0.05) is 19.3 Å². The lowest BCUT2D eigenvalue weighted by atomic mass is 9.96.